The lowest BCUT2D eigenvalue weighted by Crippen LogP contribution is -2.17. The van der Waals surface area contributed by atoms with E-state index in [4.69, 9.17) is 5.11 Å². The highest BCUT2D eigenvalue weighted by atomic mass is 32.2. The van der Waals surface area contributed by atoms with E-state index in [0.29, 0.717) is 6.61 Å². The summed E-state index contributed by atoms with van der Waals surface area (Å²) in [7, 11) is 1.95. The summed E-state index contributed by atoms with van der Waals surface area (Å²) in [5.74, 6) is 2.14. The van der Waals surface area contributed by atoms with Crippen LogP contribution in [0.15, 0.2) is 6.20 Å². The third-order valence-corrected chi connectivity index (χ3v) is 3.37. The van der Waals surface area contributed by atoms with E-state index in [-0.39, 0.29) is 0 Å². The van der Waals surface area contributed by atoms with Gasteiger partial charge in [0.05, 0.1) is 5.69 Å². The van der Waals surface area contributed by atoms with Gasteiger partial charge in [0.1, 0.15) is 0 Å². The minimum Gasteiger partial charge on any atom is -0.396 e. The van der Waals surface area contributed by atoms with Gasteiger partial charge >= 0.3 is 0 Å². The van der Waals surface area contributed by atoms with Crippen molar-refractivity contribution in [1.82, 2.24) is 15.1 Å². The number of aliphatic hydroxyl groups is 1. The molecule has 0 amide bonds. The molecule has 0 saturated carbocycles. The van der Waals surface area contributed by atoms with Gasteiger partial charge in [0, 0.05) is 44.3 Å². The summed E-state index contributed by atoms with van der Waals surface area (Å²) >= 11 is 1.88. The molecule has 0 aliphatic heterocycles. The largest absolute Gasteiger partial charge is 0.396 e. The van der Waals surface area contributed by atoms with Crippen LogP contribution in [-0.2, 0) is 13.6 Å². The van der Waals surface area contributed by atoms with Gasteiger partial charge in [0.2, 0.25) is 0 Å². The minimum absolute atomic E-state index is 0.301. The topological polar surface area (TPSA) is 50.1 Å². The third-order valence-electron chi connectivity index (χ3n) is 2.30. The second-order valence-electron chi connectivity index (χ2n) is 3.78. The Morgan fingerprint density at radius 3 is 2.94 bits per heavy atom. The molecule has 0 atom stereocenters. The van der Waals surface area contributed by atoms with Crippen LogP contribution in [-0.4, -0.2) is 39.5 Å². The fraction of sp³-hybridized carbons (Fsp3) is 0.727. The van der Waals surface area contributed by atoms with Crippen LogP contribution in [0.5, 0.6) is 0 Å². The number of aryl methyl sites for hydroxylation is 2. The van der Waals surface area contributed by atoms with Crippen molar-refractivity contribution in [3.63, 3.8) is 0 Å². The van der Waals surface area contributed by atoms with Gasteiger partial charge in [-0.2, -0.15) is 16.9 Å². The Balaban J connectivity index is 2.05. The second kappa shape index (κ2) is 7.70. The van der Waals surface area contributed by atoms with Crippen LogP contribution in [0.2, 0.25) is 0 Å². The highest BCUT2D eigenvalue weighted by Gasteiger charge is 2.01. The fourth-order valence-electron chi connectivity index (χ4n) is 1.46. The summed E-state index contributed by atoms with van der Waals surface area (Å²) < 4.78 is 1.85. The first-order chi connectivity index (χ1) is 7.74. The molecule has 4 nitrogen and oxygen atoms in total. The zero-order valence-electron chi connectivity index (χ0n) is 10.1. The zero-order chi connectivity index (χ0) is 11.8. The lowest BCUT2D eigenvalue weighted by molar-refractivity contribution is 0.296. The van der Waals surface area contributed by atoms with Crippen LogP contribution in [0, 0.1) is 6.92 Å². The molecule has 0 unspecified atom stereocenters. The fourth-order valence-corrected chi connectivity index (χ4v) is 2.28. The average molecular weight is 243 g/mol. The van der Waals surface area contributed by atoms with Gasteiger partial charge in [-0.1, -0.05) is 0 Å². The Hall–Kier alpha value is -0.520. The van der Waals surface area contributed by atoms with Crippen LogP contribution in [0.3, 0.4) is 0 Å². The molecule has 0 bridgehead atoms. The third kappa shape index (κ3) is 5.01. The normalized spacial score (nSPS) is 10.9. The van der Waals surface area contributed by atoms with Gasteiger partial charge in [-0.15, -0.1) is 0 Å². The Morgan fingerprint density at radius 2 is 2.31 bits per heavy atom. The number of nitrogens with zero attached hydrogens (tertiary/aromatic N) is 2. The van der Waals surface area contributed by atoms with E-state index >= 15 is 0 Å². The molecule has 1 rings (SSSR count). The standard InChI is InChI=1S/C11H21N3OS/c1-10-11(9-14(2)13-10)8-12-4-7-16-6-3-5-15/h9,12,15H,3-8H2,1-2H3. The first-order valence-corrected chi connectivity index (χ1v) is 6.78. The van der Waals surface area contributed by atoms with Crippen molar-refractivity contribution in [2.45, 2.75) is 19.9 Å². The highest BCUT2D eigenvalue weighted by Crippen LogP contribution is 2.04. The minimum atomic E-state index is 0.301. The summed E-state index contributed by atoms with van der Waals surface area (Å²) in [5.41, 5.74) is 2.37. The second-order valence-corrected chi connectivity index (χ2v) is 5.00. The smallest absolute Gasteiger partial charge is 0.0638 e. The van der Waals surface area contributed by atoms with E-state index in [1.54, 1.807) is 0 Å². The SMILES string of the molecule is Cc1nn(C)cc1CNCCSCCCO. The predicted molar refractivity (Wildman–Crippen MR) is 68.7 cm³/mol. The van der Waals surface area contributed by atoms with Crippen molar-refractivity contribution in [3.8, 4) is 0 Å². The van der Waals surface area contributed by atoms with Crippen molar-refractivity contribution in [2.75, 3.05) is 24.7 Å². The molecule has 0 radical (unpaired) electrons. The summed E-state index contributed by atoms with van der Waals surface area (Å²) in [6.45, 7) is 4.23. The van der Waals surface area contributed by atoms with Crippen LogP contribution in [0.4, 0.5) is 0 Å². The molecule has 16 heavy (non-hydrogen) atoms. The number of hydrogen-bond donors (Lipinski definition) is 2. The maximum absolute atomic E-state index is 8.61. The summed E-state index contributed by atoms with van der Waals surface area (Å²) in [6.07, 6.45) is 2.95. The van der Waals surface area contributed by atoms with Crippen LogP contribution >= 0.6 is 11.8 Å². The number of nitrogens with one attached hydrogen (secondary N) is 1. The van der Waals surface area contributed by atoms with Crippen molar-refractivity contribution < 1.29 is 5.11 Å². The predicted octanol–water partition coefficient (Wildman–Crippen LogP) is 0.934. The van der Waals surface area contributed by atoms with E-state index in [1.165, 1.54) is 5.56 Å². The van der Waals surface area contributed by atoms with Crippen molar-refractivity contribution in [2.24, 2.45) is 7.05 Å². The first kappa shape index (κ1) is 13.5. The van der Waals surface area contributed by atoms with Gasteiger partial charge < -0.3 is 10.4 Å². The molecular weight excluding hydrogens is 222 g/mol. The average Bonchev–Trinajstić information content (AvgIpc) is 2.56. The van der Waals surface area contributed by atoms with E-state index in [9.17, 15) is 0 Å². The molecule has 0 saturated heterocycles. The molecule has 5 heteroatoms. The monoisotopic (exact) mass is 243 g/mol. The van der Waals surface area contributed by atoms with Gasteiger partial charge in [-0.05, 0) is 19.1 Å². The number of rotatable bonds is 8. The molecule has 0 aliphatic carbocycles. The van der Waals surface area contributed by atoms with Crippen LogP contribution in [0.25, 0.3) is 0 Å². The molecule has 0 aliphatic rings. The van der Waals surface area contributed by atoms with E-state index < -0.39 is 0 Å². The molecule has 1 heterocycles. The Bertz CT molecular complexity index is 301. The first-order valence-electron chi connectivity index (χ1n) is 5.62. The molecule has 0 aromatic carbocycles. The number of thioether (sulfide) groups is 1. The highest BCUT2D eigenvalue weighted by molar-refractivity contribution is 7.99. The summed E-state index contributed by atoms with van der Waals surface area (Å²) in [4.78, 5) is 0. The maximum atomic E-state index is 8.61. The maximum Gasteiger partial charge on any atom is 0.0638 e. The van der Waals surface area contributed by atoms with E-state index in [2.05, 4.69) is 16.6 Å². The lowest BCUT2D eigenvalue weighted by Gasteiger charge is -2.03. The Labute approximate surface area is 101 Å². The molecular formula is C11H21N3OS. The van der Waals surface area contributed by atoms with Crippen molar-refractivity contribution in [3.05, 3.63) is 17.5 Å². The van der Waals surface area contributed by atoms with E-state index in [0.717, 1.165) is 36.7 Å². The summed E-state index contributed by atoms with van der Waals surface area (Å²) in [5, 5.41) is 16.3. The van der Waals surface area contributed by atoms with Crippen molar-refractivity contribution >= 4 is 11.8 Å². The van der Waals surface area contributed by atoms with Gasteiger partial charge in [-0.25, -0.2) is 0 Å². The number of aromatic nitrogens is 2. The van der Waals surface area contributed by atoms with Crippen molar-refractivity contribution in [1.29, 1.82) is 0 Å². The quantitative estimate of drug-likeness (QED) is 0.667. The van der Waals surface area contributed by atoms with Gasteiger partial charge in [0.25, 0.3) is 0 Å². The van der Waals surface area contributed by atoms with Crippen LogP contribution < -0.4 is 5.32 Å². The number of aliphatic hydroxyl groups excluding tert-OH is 1. The van der Waals surface area contributed by atoms with Crippen LogP contribution in [0.1, 0.15) is 17.7 Å². The summed E-state index contributed by atoms with van der Waals surface area (Å²) in [6, 6.07) is 0. The Kier molecular flexibility index (Phi) is 6.52. The number of hydrogen-bond acceptors (Lipinski definition) is 4. The molecule has 92 valence electrons. The lowest BCUT2D eigenvalue weighted by atomic mass is 10.3. The molecule has 1 aromatic rings. The van der Waals surface area contributed by atoms with Gasteiger partial charge in [0.15, 0.2) is 0 Å². The van der Waals surface area contributed by atoms with Gasteiger partial charge in [-0.3, -0.25) is 4.68 Å². The molecule has 1 aromatic heterocycles. The molecule has 0 fully saturated rings. The molecule has 2 N–H and O–H groups in total. The van der Waals surface area contributed by atoms with E-state index in [1.807, 2.05) is 30.4 Å². The molecule has 0 spiro atoms. The Morgan fingerprint density at radius 1 is 1.50 bits per heavy atom. The zero-order valence-corrected chi connectivity index (χ0v) is 10.9.